The maximum absolute atomic E-state index is 12.3. The molecule has 0 unspecified atom stereocenters. The number of Topliss-reactive ketones (excluding diaryl/α,β-unsaturated/α-hetero) is 1. The second kappa shape index (κ2) is 8.02. The lowest BCUT2D eigenvalue weighted by Gasteiger charge is -2.17. The highest BCUT2D eigenvalue weighted by molar-refractivity contribution is 6.00. The summed E-state index contributed by atoms with van der Waals surface area (Å²) in [6.45, 7) is 8.62. The van der Waals surface area contributed by atoms with Gasteiger partial charge in [0.2, 0.25) is 5.91 Å². The fourth-order valence-corrected chi connectivity index (χ4v) is 2.59. The van der Waals surface area contributed by atoms with Crippen molar-refractivity contribution in [2.24, 2.45) is 5.41 Å². The zero-order chi connectivity index (χ0) is 22.1. The summed E-state index contributed by atoms with van der Waals surface area (Å²) in [5.74, 6) is -1.19. The zero-order valence-electron chi connectivity index (χ0n) is 17.5. The number of benzene rings is 1. The van der Waals surface area contributed by atoms with Crippen molar-refractivity contribution in [3.63, 3.8) is 0 Å². The van der Waals surface area contributed by atoms with E-state index in [9.17, 15) is 14.4 Å². The van der Waals surface area contributed by atoms with Gasteiger partial charge in [-0.05, 0) is 44.2 Å². The van der Waals surface area contributed by atoms with Crippen LogP contribution in [0.25, 0.3) is 5.78 Å². The molecule has 0 aliphatic carbocycles. The van der Waals surface area contributed by atoms with Gasteiger partial charge in [0.05, 0.1) is 0 Å². The van der Waals surface area contributed by atoms with Crippen molar-refractivity contribution in [3.8, 4) is 0 Å². The third-order valence-electron chi connectivity index (χ3n) is 4.28. The smallest absolute Gasteiger partial charge is 0.378 e. The van der Waals surface area contributed by atoms with Crippen LogP contribution >= 0.6 is 0 Å². The van der Waals surface area contributed by atoms with E-state index in [2.05, 4.69) is 20.4 Å². The van der Waals surface area contributed by atoms with Crippen LogP contribution in [-0.4, -0.2) is 43.8 Å². The number of hydrogen-bond donors (Lipinski definition) is 1. The van der Waals surface area contributed by atoms with Crippen LogP contribution in [0.15, 0.2) is 30.3 Å². The Morgan fingerprint density at radius 2 is 1.73 bits per heavy atom. The molecule has 0 saturated carbocycles. The quantitative estimate of drug-likeness (QED) is 0.509. The first-order valence-electron chi connectivity index (χ1n) is 9.37. The summed E-state index contributed by atoms with van der Waals surface area (Å²) in [5.41, 5.74) is 1.94. The van der Waals surface area contributed by atoms with Gasteiger partial charge in [0.15, 0.2) is 12.4 Å². The fraction of sp³-hybridized carbons (Fsp3) is 0.333. The van der Waals surface area contributed by atoms with Crippen LogP contribution in [-0.2, 0) is 9.53 Å². The highest BCUT2D eigenvalue weighted by atomic mass is 16.5. The molecule has 3 rings (SSSR count). The summed E-state index contributed by atoms with van der Waals surface area (Å²) in [4.78, 5) is 44.8. The normalized spacial score (nSPS) is 11.4. The molecule has 156 valence electrons. The Hall–Kier alpha value is -3.62. The highest BCUT2D eigenvalue weighted by Crippen LogP contribution is 2.18. The van der Waals surface area contributed by atoms with E-state index in [0.717, 1.165) is 11.4 Å². The minimum Gasteiger partial charge on any atom is -0.451 e. The second-order valence-corrected chi connectivity index (χ2v) is 7.97. The van der Waals surface area contributed by atoms with Gasteiger partial charge in [-0.15, -0.1) is 5.10 Å². The maximum atomic E-state index is 12.3. The SMILES string of the molecule is Cc1cc(C)n2nc(C(=O)OCC(=O)c3ccc(NC(=O)C(C)(C)C)cc3)nc2n1. The Bertz CT molecular complexity index is 1130. The molecule has 1 N–H and O–H groups in total. The summed E-state index contributed by atoms with van der Waals surface area (Å²) in [6.07, 6.45) is 0. The van der Waals surface area contributed by atoms with Crippen molar-refractivity contribution in [3.05, 3.63) is 53.1 Å². The number of nitrogens with one attached hydrogen (secondary N) is 1. The first-order valence-corrected chi connectivity index (χ1v) is 9.37. The predicted octanol–water partition coefficient (Wildman–Crippen LogP) is 2.77. The van der Waals surface area contributed by atoms with E-state index in [-0.39, 0.29) is 17.5 Å². The monoisotopic (exact) mass is 409 g/mol. The Kier molecular flexibility index (Phi) is 5.64. The molecule has 1 amide bonds. The van der Waals surface area contributed by atoms with E-state index in [1.807, 2.05) is 40.7 Å². The van der Waals surface area contributed by atoms with Crippen LogP contribution in [0.2, 0.25) is 0 Å². The van der Waals surface area contributed by atoms with Gasteiger partial charge in [0.25, 0.3) is 11.6 Å². The standard InChI is InChI=1S/C21H23N5O4/c1-12-10-13(2)26-20(22-12)24-17(25-26)18(28)30-11-16(27)14-6-8-15(9-7-14)23-19(29)21(3,4)5/h6-10H,11H2,1-5H3,(H,23,29). The van der Waals surface area contributed by atoms with Crippen LogP contribution in [0.4, 0.5) is 5.69 Å². The van der Waals surface area contributed by atoms with Crippen molar-refractivity contribution in [1.82, 2.24) is 19.6 Å². The Balaban J connectivity index is 1.62. The lowest BCUT2D eigenvalue weighted by atomic mass is 9.95. The van der Waals surface area contributed by atoms with Crippen molar-refractivity contribution in [2.45, 2.75) is 34.6 Å². The number of nitrogens with zero attached hydrogens (tertiary/aromatic N) is 4. The van der Waals surface area contributed by atoms with Crippen LogP contribution in [0.1, 0.15) is 53.1 Å². The van der Waals surface area contributed by atoms with Gasteiger partial charge in [-0.3, -0.25) is 9.59 Å². The zero-order valence-corrected chi connectivity index (χ0v) is 17.5. The number of anilines is 1. The van der Waals surface area contributed by atoms with Gasteiger partial charge in [-0.1, -0.05) is 20.8 Å². The van der Waals surface area contributed by atoms with Gasteiger partial charge < -0.3 is 10.1 Å². The van der Waals surface area contributed by atoms with Crippen molar-refractivity contribution >= 4 is 29.1 Å². The minimum absolute atomic E-state index is 0.129. The van der Waals surface area contributed by atoms with E-state index in [1.54, 1.807) is 24.3 Å². The van der Waals surface area contributed by atoms with E-state index >= 15 is 0 Å². The first kappa shape index (κ1) is 21.1. The van der Waals surface area contributed by atoms with Crippen LogP contribution < -0.4 is 5.32 Å². The summed E-state index contributed by atoms with van der Waals surface area (Å²) in [5, 5.41) is 6.86. The number of aryl methyl sites for hydroxylation is 2. The number of rotatable bonds is 5. The third-order valence-corrected chi connectivity index (χ3v) is 4.28. The van der Waals surface area contributed by atoms with Crippen LogP contribution in [0.3, 0.4) is 0 Å². The largest absolute Gasteiger partial charge is 0.451 e. The molecule has 0 aliphatic rings. The maximum Gasteiger partial charge on any atom is 0.378 e. The number of carbonyl (C=O) groups excluding carboxylic acids is 3. The number of aromatic nitrogens is 4. The molecule has 0 aliphatic heterocycles. The molecule has 2 heterocycles. The van der Waals surface area contributed by atoms with E-state index in [0.29, 0.717) is 17.0 Å². The molecule has 3 aromatic rings. The van der Waals surface area contributed by atoms with Gasteiger partial charge in [0.1, 0.15) is 0 Å². The number of esters is 1. The van der Waals surface area contributed by atoms with E-state index in [1.165, 1.54) is 4.52 Å². The van der Waals surface area contributed by atoms with Gasteiger partial charge in [0, 0.05) is 28.1 Å². The van der Waals surface area contributed by atoms with Crippen LogP contribution in [0.5, 0.6) is 0 Å². The lowest BCUT2D eigenvalue weighted by molar-refractivity contribution is -0.123. The number of ketones is 1. The van der Waals surface area contributed by atoms with Gasteiger partial charge in [-0.25, -0.2) is 14.3 Å². The number of carbonyl (C=O) groups is 3. The molecule has 0 fully saturated rings. The second-order valence-electron chi connectivity index (χ2n) is 7.97. The summed E-state index contributed by atoms with van der Waals surface area (Å²) < 4.78 is 6.50. The molecule has 0 radical (unpaired) electrons. The lowest BCUT2D eigenvalue weighted by Crippen LogP contribution is -2.27. The molecule has 1 aromatic carbocycles. The number of hydrogen-bond acceptors (Lipinski definition) is 7. The summed E-state index contributed by atoms with van der Waals surface area (Å²) in [6, 6.07) is 8.19. The molecule has 0 spiro atoms. The van der Waals surface area contributed by atoms with E-state index in [4.69, 9.17) is 4.74 Å². The predicted molar refractivity (Wildman–Crippen MR) is 109 cm³/mol. The molecule has 0 atom stereocenters. The number of fused-ring (bicyclic) bond motifs is 1. The Labute approximate surface area is 173 Å². The fourth-order valence-electron chi connectivity index (χ4n) is 2.59. The molecular weight excluding hydrogens is 386 g/mol. The topological polar surface area (TPSA) is 116 Å². The van der Waals surface area contributed by atoms with Crippen molar-refractivity contribution in [2.75, 3.05) is 11.9 Å². The van der Waals surface area contributed by atoms with Crippen molar-refractivity contribution in [1.29, 1.82) is 0 Å². The molecule has 9 heteroatoms. The van der Waals surface area contributed by atoms with Gasteiger partial charge in [-0.2, -0.15) is 4.98 Å². The van der Waals surface area contributed by atoms with E-state index < -0.39 is 18.0 Å². The summed E-state index contributed by atoms with van der Waals surface area (Å²) in [7, 11) is 0. The average Bonchev–Trinajstić information content (AvgIpc) is 3.10. The minimum atomic E-state index is -0.806. The third kappa shape index (κ3) is 4.68. The van der Waals surface area contributed by atoms with Gasteiger partial charge >= 0.3 is 5.97 Å². The molecule has 30 heavy (non-hydrogen) atoms. The molecule has 0 bridgehead atoms. The molecule has 9 nitrogen and oxygen atoms in total. The molecule has 2 aromatic heterocycles. The first-order chi connectivity index (χ1) is 14.0. The Morgan fingerprint density at radius 1 is 1.07 bits per heavy atom. The molecular formula is C21H23N5O4. The Morgan fingerprint density at radius 3 is 2.37 bits per heavy atom. The van der Waals surface area contributed by atoms with Crippen LogP contribution in [0, 0.1) is 19.3 Å². The number of amides is 1. The molecule has 0 saturated heterocycles. The average molecular weight is 409 g/mol. The van der Waals surface area contributed by atoms with Crippen molar-refractivity contribution < 1.29 is 19.1 Å². The number of ether oxygens (including phenoxy) is 1. The highest BCUT2D eigenvalue weighted by Gasteiger charge is 2.21. The summed E-state index contributed by atoms with van der Waals surface area (Å²) >= 11 is 0.